The van der Waals surface area contributed by atoms with Crippen LogP contribution in [-0.4, -0.2) is 38.1 Å². The Kier molecular flexibility index (Phi) is 6.47. The van der Waals surface area contributed by atoms with Gasteiger partial charge in [0.05, 0.1) is 18.1 Å². The Bertz CT molecular complexity index is 1170. The highest BCUT2D eigenvalue weighted by molar-refractivity contribution is 7.99. The molecule has 1 N–H and O–H groups in total. The number of nitrogens with one attached hydrogen (secondary N) is 1. The molecule has 1 amide bonds. The first-order valence-corrected chi connectivity index (χ1v) is 11.1. The molecule has 0 aliphatic carbocycles. The molecule has 0 saturated heterocycles. The molecule has 31 heavy (non-hydrogen) atoms. The van der Waals surface area contributed by atoms with Gasteiger partial charge in [0.15, 0.2) is 5.65 Å². The van der Waals surface area contributed by atoms with Crippen LogP contribution in [0.3, 0.4) is 0 Å². The zero-order valence-corrected chi connectivity index (χ0v) is 18.2. The second-order valence-electron chi connectivity index (χ2n) is 6.82. The number of aromatic nitrogens is 4. The number of hydrogen-bond donors (Lipinski definition) is 1. The minimum atomic E-state index is -0.103. The third kappa shape index (κ3) is 5.03. The molecule has 4 rings (SSSR count). The predicted molar refractivity (Wildman–Crippen MR) is 123 cm³/mol. The molecule has 2 aromatic carbocycles. The van der Waals surface area contributed by atoms with Crippen molar-refractivity contribution in [2.24, 2.45) is 0 Å². The number of amides is 1. The van der Waals surface area contributed by atoms with Crippen molar-refractivity contribution in [2.45, 2.75) is 25.4 Å². The van der Waals surface area contributed by atoms with E-state index >= 15 is 0 Å². The van der Waals surface area contributed by atoms with Gasteiger partial charge in [-0.3, -0.25) is 4.79 Å². The number of carbonyl (C=O) groups excluding carboxylic acids is 1. The van der Waals surface area contributed by atoms with Crippen LogP contribution in [0.1, 0.15) is 19.4 Å². The molecule has 0 saturated carbocycles. The number of fused-ring (bicyclic) bond motifs is 1. The van der Waals surface area contributed by atoms with E-state index in [1.807, 2.05) is 67.6 Å². The first-order chi connectivity index (χ1) is 15.2. The first kappa shape index (κ1) is 20.9. The van der Waals surface area contributed by atoms with Gasteiger partial charge < -0.3 is 10.1 Å². The van der Waals surface area contributed by atoms with E-state index in [-0.39, 0.29) is 11.7 Å². The molecule has 0 unspecified atom stereocenters. The van der Waals surface area contributed by atoms with Crippen LogP contribution in [-0.2, 0) is 11.2 Å². The van der Waals surface area contributed by atoms with Crippen LogP contribution in [0.15, 0.2) is 65.8 Å². The van der Waals surface area contributed by atoms with Gasteiger partial charge in [0.2, 0.25) is 11.1 Å². The molecule has 0 bridgehead atoms. The summed E-state index contributed by atoms with van der Waals surface area (Å²) < 4.78 is 7.16. The number of thioether (sulfide) groups is 1. The lowest BCUT2D eigenvalue weighted by Crippen LogP contribution is -2.14. The Hall–Kier alpha value is -3.39. The number of benzene rings is 2. The summed E-state index contributed by atoms with van der Waals surface area (Å²) in [4.78, 5) is 12.4. The van der Waals surface area contributed by atoms with E-state index in [4.69, 9.17) is 4.74 Å². The van der Waals surface area contributed by atoms with Crippen LogP contribution in [0.2, 0.25) is 0 Å². The molecular formula is C23H23N5O2S. The minimum Gasteiger partial charge on any atom is -0.494 e. The Morgan fingerprint density at radius 2 is 1.77 bits per heavy atom. The summed E-state index contributed by atoms with van der Waals surface area (Å²) in [6.45, 7) is 4.68. The molecule has 0 atom stereocenters. The summed E-state index contributed by atoms with van der Waals surface area (Å²) in [6.07, 6.45) is 0.968. The fourth-order valence-corrected chi connectivity index (χ4v) is 3.74. The Balaban J connectivity index is 1.45. The fourth-order valence-electron chi connectivity index (χ4n) is 3.05. The highest BCUT2D eigenvalue weighted by Gasteiger charge is 2.12. The summed E-state index contributed by atoms with van der Waals surface area (Å²) in [5, 5.41) is 16.5. The average Bonchev–Trinajstić information content (AvgIpc) is 3.21. The monoisotopic (exact) mass is 433 g/mol. The molecule has 0 radical (unpaired) electrons. The number of rotatable bonds is 8. The highest BCUT2D eigenvalue weighted by atomic mass is 32.2. The van der Waals surface area contributed by atoms with Crippen LogP contribution in [0, 0.1) is 0 Å². The van der Waals surface area contributed by atoms with E-state index in [0.29, 0.717) is 17.4 Å². The van der Waals surface area contributed by atoms with Crippen LogP contribution in [0.25, 0.3) is 16.9 Å². The summed E-state index contributed by atoms with van der Waals surface area (Å²) in [6, 6.07) is 19.4. The van der Waals surface area contributed by atoms with Crippen molar-refractivity contribution in [1.82, 2.24) is 19.8 Å². The van der Waals surface area contributed by atoms with Crippen LogP contribution in [0.5, 0.6) is 5.75 Å². The lowest BCUT2D eigenvalue weighted by Gasteiger charge is -2.06. The van der Waals surface area contributed by atoms with Crippen molar-refractivity contribution in [1.29, 1.82) is 0 Å². The Morgan fingerprint density at radius 1 is 1.00 bits per heavy atom. The maximum atomic E-state index is 12.4. The number of anilines is 1. The lowest BCUT2D eigenvalue weighted by atomic mass is 10.1. The molecule has 2 aromatic heterocycles. The van der Waals surface area contributed by atoms with Gasteiger partial charge in [0.1, 0.15) is 5.75 Å². The van der Waals surface area contributed by atoms with Gasteiger partial charge in [-0.25, -0.2) is 0 Å². The van der Waals surface area contributed by atoms with Gasteiger partial charge in [-0.15, -0.1) is 10.2 Å². The normalized spacial score (nSPS) is 10.9. The molecule has 0 fully saturated rings. The van der Waals surface area contributed by atoms with Crippen molar-refractivity contribution in [2.75, 3.05) is 17.7 Å². The third-order valence-corrected chi connectivity index (χ3v) is 5.59. The van der Waals surface area contributed by atoms with Crippen molar-refractivity contribution in [3.05, 3.63) is 66.2 Å². The van der Waals surface area contributed by atoms with Gasteiger partial charge in [-0.2, -0.15) is 9.61 Å². The maximum absolute atomic E-state index is 12.4. The van der Waals surface area contributed by atoms with E-state index in [1.165, 1.54) is 17.3 Å². The van der Waals surface area contributed by atoms with E-state index in [1.54, 1.807) is 4.52 Å². The Labute approximate surface area is 184 Å². The van der Waals surface area contributed by atoms with Crippen LogP contribution >= 0.6 is 11.8 Å². The van der Waals surface area contributed by atoms with Crippen molar-refractivity contribution < 1.29 is 9.53 Å². The fraction of sp³-hybridized carbons (Fsp3) is 0.217. The zero-order valence-electron chi connectivity index (χ0n) is 17.4. The largest absolute Gasteiger partial charge is 0.494 e. The number of carbonyl (C=O) groups is 1. The summed E-state index contributed by atoms with van der Waals surface area (Å²) in [5.41, 5.74) is 4.40. The molecular weight excluding hydrogens is 410 g/mol. The predicted octanol–water partition coefficient (Wildman–Crippen LogP) is 4.48. The molecule has 0 spiro atoms. The van der Waals surface area contributed by atoms with E-state index in [0.717, 1.165) is 29.1 Å². The van der Waals surface area contributed by atoms with E-state index in [2.05, 4.69) is 27.5 Å². The van der Waals surface area contributed by atoms with Crippen molar-refractivity contribution in [3.63, 3.8) is 0 Å². The number of aryl methyl sites for hydroxylation is 1. The molecule has 2 heterocycles. The number of hydrogen-bond acceptors (Lipinski definition) is 6. The summed E-state index contributed by atoms with van der Waals surface area (Å²) in [5.74, 6) is 0.933. The van der Waals surface area contributed by atoms with Gasteiger partial charge in [-0.1, -0.05) is 30.8 Å². The smallest absolute Gasteiger partial charge is 0.234 e. The number of ether oxygens (including phenoxy) is 1. The molecule has 7 nitrogen and oxygen atoms in total. The van der Waals surface area contributed by atoms with Gasteiger partial charge in [0, 0.05) is 11.3 Å². The third-order valence-electron chi connectivity index (χ3n) is 4.67. The average molecular weight is 434 g/mol. The van der Waals surface area contributed by atoms with Crippen LogP contribution in [0.4, 0.5) is 5.69 Å². The maximum Gasteiger partial charge on any atom is 0.234 e. The first-order valence-electron chi connectivity index (χ1n) is 10.1. The van der Waals surface area contributed by atoms with Gasteiger partial charge >= 0.3 is 0 Å². The summed E-state index contributed by atoms with van der Waals surface area (Å²) >= 11 is 1.30. The molecule has 158 valence electrons. The SMILES string of the molecule is CCOc1ccc(-c2ccc3nnc(SCC(=O)Nc4ccc(CC)cc4)n3n2)cc1. The summed E-state index contributed by atoms with van der Waals surface area (Å²) in [7, 11) is 0. The lowest BCUT2D eigenvalue weighted by molar-refractivity contribution is -0.113. The second-order valence-corrected chi connectivity index (χ2v) is 7.76. The topological polar surface area (TPSA) is 81.4 Å². The second kappa shape index (κ2) is 9.61. The van der Waals surface area contributed by atoms with Crippen molar-refractivity contribution in [3.8, 4) is 17.0 Å². The molecule has 0 aliphatic heterocycles. The number of nitrogens with zero attached hydrogens (tertiary/aromatic N) is 4. The van der Waals surface area contributed by atoms with Gasteiger partial charge in [-0.05, 0) is 67.4 Å². The van der Waals surface area contributed by atoms with Crippen molar-refractivity contribution >= 4 is 29.0 Å². The zero-order chi connectivity index (χ0) is 21.6. The Morgan fingerprint density at radius 3 is 2.48 bits per heavy atom. The van der Waals surface area contributed by atoms with E-state index in [9.17, 15) is 4.79 Å². The quantitative estimate of drug-likeness (QED) is 0.413. The molecule has 4 aromatic rings. The van der Waals surface area contributed by atoms with Crippen LogP contribution < -0.4 is 10.1 Å². The minimum absolute atomic E-state index is 0.103. The highest BCUT2D eigenvalue weighted by Crippen LogP contribution is 2.23. The standard InChI is InChI=1S/C23H23N5O2S/c1-3-16-5-9-18(10-6-16)24-22(29)15-31-23-26-25-21-14-13-20(27-28(21)23)17-7-11-19(12-8-17)30-4-2/h5-14H,3-4,15H2,1-2H3,(H,24,29). The van der Waals surface area contributed by atoms with E-state index < -0.39 is 0 Å². The van der Waals surface area contributed by atoms with Gasteiger partial charge in [0.25, 0.3) is 0 Å². The molecule has 8 heteroatoms. The molecule has 0 aliphatic rings.